The van der Waals surface area contributed by atoms with Crippen LogP contribution >= 0.6 is 24.0 Å². The molecule has 1 saturated carbocycles. The minimum absolute atomic E-state index is 0. The standard InChI is InChI=1S/C19H28N4O3.HI/c1-20-18(21-11-14-6-7-15-16(10-14)26-13-25-15)22-12-19(8-4-5-9-19)17(24)23(2)3;/h6-7,10H,4-5,8-9,11-13H2,1-3H3,(H2,20,21,22);1H. The molecule has 7 nitrogen and oxygen atoms in total. The van der Waals surface area contributed by atoms with E-state index < -0.39 is 0 Å². The molecule has 1 aromatic carbocycles. The van der Waals surface area contributed by atoms with Gasteiger partial charge in [0.15, 0.2) is 17.5 Å². The summed E-state index contributed by atoms with van der Waals surface area (Å²) >= 11 is 0. The summed E-state index contributed by atoms with van der Waals surface area (Å²) < 4.78 is 10.7. The summed E-state index contributed by atoms with van der Waals surface area (Å²) in [5.74, 6) is 2.45. The molecule has 0 radical (unpaired) electrons. The minimum Gasteiger partial charge on any atom is -0.454 e. The first-order valence-corrected chi connectivity index (χ1v) is 9.09. The lowest BCUT2D eigenvalue weighted by Crippen LogP contribution is -2.49. The van der Waals surface area contributed by atoms with Crippen LogP contribution in [-0.2, 0) is 11.3 Å². The lowest BCUT2D eigenvalue weighted by Gasteiger charge is -2.31. The fraction of sp³-hybridized carbons (Fsp3) is 0.579. The molecule has 1 fully saturated rings. The summed E-state index contributed by atoms with van der Waals surface area (Å²) in [5, 5.41) is 6.65. The van der Waals surface area contributed by atoms with Crippen molar-refractivity contribution in [3.63, 3.8) is 0 Å². The molecule has 0 spiro atoms. The molecule has 0 unspecified atom stereocenters. The van der Waals surface area contributed by atoms with Crippen LogP contribution in [0.5, 0.6) is 11.5 Å². The van der Waals surface area contributed by atoms with E-state index in [4.69, 9.17) is 9.47 Å². The molecular weight excluding hydrogens is 459 g/mol. The molecule has 0 atom stereocenters. The Kier molecular flexibility index (Phi) is 7.58. The molecule has 150 valence electrons. The number of carbonyl (C=O) groups excluding carboxylic acids is 1. The van der Waals surface area contributed by atoms with Gasteiger partial charge in [-0.15, -0.1) is 24.0 Å². The number of benzene rings is 1. The second-order valence-corrected chi connectivity index (χ2v) is 7.15. The van der Waals surface area contributed by atoms with Crippen LogP contribution in [-0.4, -0.2) is 51.2 Å². The summed E-state index contributed by atoms with van der Waals surface area (Å²) in [6, 6.07) is 5.89. The van der Waals surface area contributed by atoms with Gasteiger partial charge in [-0.05, 0) is 30.5 Å². The SMILES string of the molecule is CN=C(NCc1ccc2c(c1)OCO2)NCC1(C(=O)N(C)C)CCCC1.I. The van der Waals surface area contributed by atoms with Crippen LogP contribution in [0.3, 0.4) is 0 Å². The van der Waals surface area contributed by atoms with E-state index in [2.05, 4.69) is 15.6 Å². The van der Waals surface area contributed by atoms with Crippen molar-refractivity contribution in [2.24, 2.45) is 10.4 Å². The maximum Gasteiger partial charge on any atom is 0.231 e. The Bertz CT molecular complexity index is 688. The highest BCUT2D eigenvalue weighted by molar-refractivity contribution is 14.0. The van der Waals surface area contributed by atoms with Gasteiger partial charge in [0.1, 0.15) is 0 Å². The van der Waals surface area contributed by atoms with Gasteiger partial charge in [0, 0.05) is 34.2 Å². The molecule has 1 aliphatic heterocycles. The zero-order valence-electron chi connectivity index (χ0n) is 16.2. The predicted octanol–water partition coefficient (Wildman–Crippen LogP) is 2.35. The van der Waals surface area contributed by atoms with Gasteiger partial charge in [0.05, 0.1) is 5.41 Å². The van der Waals surface area contributed by atoms with Crippen molar-refractivity contribution in [1.29, 1.82) is 0 Å². The lowest BCUT2D eigenvalue weighted by molar-refractivity contribution is -0.138. The number of nitrogens with zero attached hydrogens (tertiary/aromatic N) is 2. The predicted molar refractivity (Wildman–Crippen MR) is 116 cm³/mol. The second-order valence-electron chi connectivity index (χ2n) is 7.15. The number of hydrogen-bond donors (Lipinski definition) is 2. The lowest BCUT2D eigenvalue weighted by atomic mass is 9.84. The maximum atomic E-state index is 12.7. The molecule has 1 amide bonds. The van der Waals surface area contributed by atoms with Crippen molar-refractivity contribution in [2.75, 3.05) is 34.5 Å². The first-order valence-electron chi connectivity index (χ1n) is 9.09. The number of halogens is 1. The summed E-state index contributed by atoms with van der Waals surface area (Å²) in [4.78, 5) is 18.6. The Morgan fingerprint density at radius 2 is 1.89 bits per heavy atom. The highest BCUT2D eigenvalue weighted by Crippen LogP contribution is 2.39. The number of hydrogen-bond acceptors (Lipinski definition) is 4. The van der Waals surface area contributed by atoms with Gasteiger partial charge in [-0.2, -0.15) is 0 Å². The maximum absolute atomic E-state index is 12.7. The Balaban J connectivity index is 0.00000261. The summed E-state index contributed by atoms with van der Waals surface area (Å²) in [6.07, 6.45) is 4.06. The highest BCUT2D eigenvalue weighted by Gasteiger charge is 2.42. The molecule has 0 saturated heterocycles. The van der Waals surface area contributed by atoms with Crippen molar-refractivity contribution in [2.45, 2.75) is 32.2 Å². The zero-order valence-corrected chi connectivity index (χ0v) is 18.5. The van der Waals surface area contributed by atoms with E-state index in [0.717, 1.165) is 42.7 Å². The largest absolute Gasteiger partial charge is 0.454 e. The number of nitrogens with one attached hydrogen (secondary N) is 2. The molecule has 1 aromatic rings. The van der Waals surface area contributed by atoms with E-state index >= 15 is 0 Å². The minimum atomic E-state index is -0.320. The van der Waals surface area contributed by atoms with Crippen LogP contribution in [0, 0.1) is 5.41 Å². The third kappa shape index (κ3) is 4.97. The number of guanidine groups is 1. The van der Waals surface area contributed by atoms with Crippen molar-refractivity contribution in [3.05, 3.63) is 23.8 Å². The fourth-order valence-electron chi connectivity index (χ4n) is 3.70. The second kappa shape index (κ2) is 9.48. The van der Waals surface area contributed by atoms with Crippen LogP contribution in [0.25, 0.3) is 0 Å². The number of carbonyl (C=O) groups is 1. The van der Waals surface area contributed by atoms with E-state index in [0.29, 0.717) is 19.0 Å². The fourth-order valence-corrected chi connectivity index (χ4v) is 3.70. The van der Waals surface area contributed by atoms with Crippen molar-refractivity contribution < 1.29 is 14.3 Å². The molecule has 3 rings (SSSR count). The van der Waals surface area contributed by atoms with Gasteiger partial charge in [-0.3, -0.25) is 9.79 Å². The summed E-state index contributed by atoms with van der Waals surface area (Å²) in [6.45, 7) is 1.49. The summed E-state index contributed by atoms with van der Waals surface area (Å²) in [7, 11) is 5.40. The Morgan fingerprint density at radius 3 is 2.56 bits per heavy atom. The monoisotopic (exact) mass is 488 g/mol. The average molecular weight is 488 g/mol. The molecule has 1 heterocycles. The van der Waals surface area contributed by atoms with Gasteiger partial charge in [-0.1, -0.05) is 18.9 Å². The quantitative estimate of drug-likeness (QED) is 0.378. The molecule has 2 N–H and O–H groups in total. The van der Waals surface area contributed by atoms with E-state index in [1.807, 2.05) is 32.3 Å². The van der Waals surface area contributed by atoms with Gasteiger partial charge >= 0.3 is 0 Å². The first kappa shape index (κ1) is 21.6. The van der Waals surface area contributed by atoms with Crippen LogP contribution in [0.15, 0.2) is 23.2 Å². The number of ether oxygens (including phenoxy) is 2. The molecule has 0 aromatic heterocycles. The molecule has 1 aliphatic carbocycles. The van der Waals surface area contributed by atoms with Crippen molar-refractivity contribution in [3.8, 4) is 11.5 Å². The Morgan fingerprint density at radius 1 is 1.19 bits per heavy atom. The summed E-state index contributed by atoms with van der Waals surface area (Å²) in [5.41, 5.74) is 0.761. The van der Waals surface area contributed by atoms with E-state index in [1.54, 1.807) is 11.9 Å². The van der Waals surface area contributed by atoms with E-state index in [9.17, 15) is 4.79 Å². The average Bonchev–Trinajstić information content (AvgIpc) is 3.30. The zero-order chi connectivity index (χ0) is 18.6. The number of rotatable bonds is 5. The topological polar surface area (TPSA) is 75.2 Å². The molecule has 27 heavy (non-hydrogen) atoms. The van der Waals surface area contributed by atoms with Gasteiger partial charge < -0.3 is 25.0 Å². The smallest absolute Gasteiger partial charge is 0.231 e. The van der Waals surface area contributed by atoms with Crippen LogP contribution in [0.4, 0.5) is 0 Å². The first-order chi connectivity index (χ1) is 12.5. The third-order valence-electron chi connectivity index (χ3n) is 5.14. The molecular formula is C19H29IN4O3. The molecule has 2 aliphatic rings. The Hall–Kier alpha value is -1.71. The van der Waals surface area contributed by atoms with Crippen LogP contribution in [0.2, 0.25) is 0 Å². The number of fused-ring (bicyclic) bond motifs is 1. The van der Waals surface area contributed by atoms with Crippen LogP contribution in [0.1, 0.15) is 31.2 Å². The number of aliphatic imine (C=N–C) groups is 1. The Labute approximate surface area is 177 Å². The highest BCUT2D eigenvalue weighted by atomic mass is 127. The van der Waals surface area contributed by atoms with Gasteiger partial charge in [-0.25, -0.2) is 0 Å². The van der Waals surface area contributed by atoms with Gasteiger partial charge in [0.2, 0.25) is 12.7 Å². The molecule has 8 heteroatoms. The van der Waals surface area contributed by atoms with E-state index in [1.165, 1.54) is 0 Å². The van der Waals surface area contributed by atoms with Crippen molar-refractivity contribution in [1.82, 2.24) is 15.5 Å². The van der Waals surface area contributed by atoms with Crippen LogP contribution < -0.4 is 20.1 Å². The van der Waals surface area contributed by atoms with Crippen molar-refractivity contribution >= 4 is 35.8 Å². The normalized spacial score (nSPS) is 17.2. The van der Waals surface area contributed by atoms with Gasteiger partial charge in [0.25, 0.3) is 0 Å². The van der Waals surface area contributed by atoms with E-state index in [-0.39, 0.29) is 42.1 Å². The number of amides is 1. The third-order valence-corrected chi connectivity index (χ3v) is 5.14. The molecule has 0 bridgehead atoms.